The Morgan fingerprint density at radius 3 is 0.915 bits per heavy atom. The van der Waals surface area contributed by atoms with Crippen molar-refractivity contribution in [1.82, 2.24) is 0 Å². The minimum Gasteiger partial charge on any atom is -0.462 e. The highest BCUT2D eigenvalue weighted by molar-refractivity contribution is 5.71. The highest BCUT2D eigenvalue weighted by Gasteiger charge is 2.19. The zero-order valence-electron chi connectivity index (χ0n) is 45.9. The molecular formula is C65H106O6. The third kappa shape index (κ3) is 56.6. The Kier molecular flexibility index (Phi) is 54.9. The maximum atomic E-state index is 12.9. The van der Waals surface area contributed by atoms with Crippen LogP contribution in [0.25, 0.3) is 0 Å². The van der Waals surface area contributed by atoms with Crippen molar-refractivity contribution in [1.29, 1.82) is 0 Å². The molecule has 71 heavy (non-hydrogen) atoms. The van der Waals surface area contributed by atoms with Crippen LogP contribution in [0, 0.1) is 0 Å². The number of esters is 3. The fraction of sp³-hybridized carbons (Fsp3) is 0.646. The van der Waals surface area contributed by atoms with Gasteiger partial charge in [0.15, 0.2) is 6.10 Å². The summed E-state index contributed by atoms with van der Waals surface area (Å²) in [4.78, 5) is 38.2. The van der Waals surface area contributed by atoms with Gasteiger partial charge in [-0.25, -0.2) is 0 Å². The van der Waals surface area contributed by atoms with Crippen LogP contribution in [0.15, 0.2) is 122 Å². The SMILES string of the molecule is CC/C=C\C/C=C\C/C=C\C/C=C\C/C=C\CCCCCC(=O)O[C@H](COC(=O)CCCC/C=C\C/C=C\C/C=C\C/C=C\CC)COC(=O)CCCCCCCCCCC/C=C\CCCCCCCC. The minimum absolute atomic E-state index is 0.108. The second-order valence-corrected chi connectivity index (χ2v) is 18.8. The first kappa shape index (κ1) is 66.8. The summed E-state index contributed by atoms with van der Waals surface area (Å²) in [5.74, 6) is -0.987. The van der Waals surface area contributed by atoms with Crippen molar-refractivity contribution in [3.63, 3.8) is 0 Å². The van der Waals surface area contributed by atoms with E-state index in [0.29, 0.717) is 25.7 Å². The molecule has 0 aromatic carbocycles. The highest BCUT2D eigenvalue weighted by Crippen LogP contribution is 2.14. The van der Waals surface area contributed by atoms with E-state index >= 15 is 0 Å². The lowest BCUT2D eigenvalue weighted by Gasteiger charge is -2.18. The van der Waals surface area contributed by atoms with Crippen molar-refractivity contribution in [2.24, 2.45) is 0 Å². The van der Waals surface area contributed by atoms with E-state index in [9.17, 15) is 14.4 Å². The first-order valence-corrected chi connectivity index (χ1v) is 29.0. The Morgan fingerprint density at radius 1 is 0.296 bits per heavy atom. The summed E-state index contributed by atoms with van der Waals surface area (Å²) >= 11 is 0. The molecule has 0 saturated heterocycles. The summed E-state index contributed by atoms with van der Waals surface area (Å²) in [6.07, 6.45) is 80.5. The molecule has 0 rings (SSSR count). The molecule has 1 atom stereocenters. The first-order valence-electron chi connectivity index (χ1n) is 29.0. The number of rotatable bonds is 51. The molecule has 402 valence electrons. The summed E-state index contributed by atoms with van der Waals surface area (Å²) in [7, 11) is 0. The fourth-order valence-corrected chi connectivity index (χ4v) is 7.63. The molecule has 0 aliphatic heterocycles. The highest BCUT2D eigenvalue weighted by atomic mass is 16.6. The third-order valence-corrected chi connectivity index (χ3v) is 11.9. The van der Waals surface area contributed by atoms with Crippen molar-refractivity contribution in [2.75, 3.05) is 13.2 Å². The van der Waals surface area contributed by atoms with Gasteiger partial charge in [0, 0.05) is 19.3 Å². The standard InChI is InChI=1S/C65H106O6/c1-4-7-10-13-16-19-22-25-28-30-32-34-37-40-43-46-49-52-55-58-64(67)70-61-62(60-69-63(66)57-54-51-48-45-42-39-36-27-24-21-18-15-12-9-6-3)71-65(68)59-56-53-50-47-44-41-38-35-33-31-29-26-23-20-17-14-11-8-5-2/h8-9,11-12,17-18,20-21,25-29,33,35-36,41-42,44-45,62H,4-7,10,13-16,19,22-24,30-32,34,37-40,43,46-61H2,1-3H3/b11-8-,12-9-,20-17-,21-18-,28-25-,29-26-,35-33-,36-27-,44-41-,45-42-/t62-/m1/s1. The number of allylic oxidation sites excluding steroid dienone is 20. The molecule has 6 nitrogen and oxygen atoms in total. The van der Waals surface area contributed by atoms with Gasteiger partial charge in [-0.15, -0.1) is 0 Å². The van der Waals surface area contributed by atoms with E-state index in [1.807, 2.05) is 0 Å². The monoisotopic (exact) mass is 983 g/mol. The molecule has 0 radical (unpaired) electrons. The van der Waals surface area contributed by atoms with E-state index in [1.54, 1.807) is 0 Å². The van der Waals surface area contributed by atoms with Crippen molar-refractivity contribution in [3.05, 3.63) is 122 Å². The molecule has 0 unspecified atom stereocenters. The molecule has 0 heterocycles. The van der Waals surface area contributed by atoms with Crippen LogP contribution >= 0.6 is 0 Å². The van der Waals surface area contributed by atoms with E-state index in [1.165, 1.54) is 89.9 Å². The molecular weight excluding hydrogens is 877 g/mol. The van der Waals surface area contributed by atoms with Gasteiger partial charge in [0.05, 0.1) is 0 Å². The lowest BCUT2D eigenvalue weighted by molar-refractivity contribution is -0.167. The summed E-state index contributed by atoms with van der Waals surface area (Å²) in [6.45, 7) is 6.34. The van der Waals surface area contributed by atoms with Crippen molar-refractivity contribution in [2.45, 2.75) is 258 Å². The molecule has 0 N–H and O–H groups in total. The Morgan fingerprint density at radius 2 is 0.549 bits per heavy atom. The van der Waals surface area contributed by atoms with Gasteiger partial charge in [0.2, 0.25) is 0 Å². The van der Waals surface area contributed by atoms with Gasteiger partial charge >= 0.3 is 17.9 Å². The number of hydrogen-bond acceptors (Lipinski definition) is 6. The second kappa shape index (κ2) is 58.4. The summed E-state index contributed by atoms with van der Waals surface area (Å²) < 4.78 is 16.8. The molecule has 0 fully saturated rings. The van der Waals surface area contributed by atoms with Crippen LogP contribution in [0.1, 0.15) is 252 Å². The van der Waals surface area contributed by atoms with Gasteiger partial charge in [-0.1, -0.05) is 226 Å². The largest absolute Gasteiger partial charge is 0.462 e. The van der Waals surface area contributed by atoms with E-state index in [2.05, 4.69) is 142 Å². The average Bonchev–Trinajstić information content (AvgIpc) is 3.37. The van der Waals surface area contributed by atoms with Gasteiger partial charge < -0.3 is 14.2 Å². The molecule has 0 saturated carbocycles. The predicted octanol–water partition coefficient (Wildman–Crippen LogP) is 19.6. The molecule has 0 aliphatic carbocycles. The number of ether oxygens (including phenoxy) is 3. The average molecular weight is 984 g/mol. The van der Waals surface area contributed by atoms with Gasteiger partial charge in [0.1, 0.15) is 13.2 Å². The smallest absolute Gasteiger partial charge is 0.306 e. The van der Waals surface area contributed by atoms with Gasteiger partial charge in [0.25, 0.3) is 0 Å². The summed E-state index contributed by atoms with van der Waals surface area (Å²) in [6, 6.07) is 0. The molecule has 6 heteroatoms. The van der Waals surface area contributed by atoms with E-state index in [4.69, 9.17) is 14.2 Å². The van der Waals surface area contributed by atoms with E-state index in [0.717, 1.165) is 109 Å². The lowest BCUT2D eigenvalue weighted by Crippen LogP contribution is -2.30. The van der Waals surface area contributed by atoms with Crippen LogP contribution in [0.2, 0.25) is 0 Å². The Balaban J connectivity index is 4.51. The summed E-state index contributed by atoms with van der Waals surface area (Å²) in [5, 5.41) is 0. The van der Waals surface area contributed by atoms with Gasteiger partial charge in [-0.2, -0.15) is 0 Å². The Bertz CT molecular complexity index is 1500. The zero-order valence-corrected chi connectivity index (χ0v) is 45.9. The maximum absolute atomic E-state index is 12.9. The van der Waals surface area contributed by atoms with Crippen molar-refractivity contribution < 1.29 is 28.6 Å². The van der Waals surface area contributed by atoms with Crippen molar-refractivity contribution in [3.8, 4) is 0 Å². The van der Waals surface area contributed by atoms with Crippen LogP contribution in [0.5, 0.6) is 0 Å². The quantitative estimate of drug-likeness (QED) is 0.0261. The minimum atomic E-state index is -0.817. The number of unbranched alkanes of at least 4 members (excludes halogenated alkanes) is 20. The zero-order chi connectivity index (χ0) is 51.4. The predicted molar refractivity (Wildman–Crippen MR) is 306 cm³/mol. The molecule has 0 aromatic rings. The van der Waals surface area contributed by atoms with Crippen LogP contribution < -0.4 is 0 Å². The fourth-order valence-electron chi connectivity index (χ4n) is 7.63. The second-order valence-electron chi connectivity index (χ2n) is 18.8. The molecule has 0 spiro atoms. The number of hydrogen-bond donors (Lipinski definition) is 0. The maximum Gasteiger partial charge on any atom is 0.306 e. The van der Waals surface area contributed by atoms with Crippen LogP contribution in [0.3, 0.4) is 0 Å². The Hall–Kier alpha value is -4.19. The third-order valence-electron chi connectivity index (χ3n) is 11.9. The van der Waals surface area contributed by atoms with E-state index < -0.39 is 6.10 Å². The molecule has 0 aromatic heterocycles. The normalized spacial score (nSPS) is 13.0. The van der Waals surface area contributed by atoms with Crippen LogP contribution in [-0.2, 0) is 28.6 Å². The number of carbonyl (C=O) groups excluding carboxylic acids is 3. The topological polar surface area (TPSA) is 78.9 Å². The molecule has 0 amide bonds. The van der Waals surface area contributed by atoms with E-state index in [-0.39, 0.29) is 37.5 Å². The number of carbonyl (C=O) groups is 3. The van der Waals surface area contributed by atoms with Gasteiger partial charge in [-0.05, 0) is 128 Å². The molecule has 0 aliphatic rings. The van der Waals surface area contributed by atoms with Crippen LogP contribution in [0.4, 0.5) is 0 Å². The van der Waals surface area contributed by atoms with Crippen molar-refractivity contribution >= 4 is 17.9 Å². The summed E-state index contributed by atoms with van der Waals surface area (Å²) in [5.41, 5.74) is 0. The van der Waals surface area contributed by atoms with Crippen LogP contribution in [-0.4, -0.2) is 37.2 Å². The molecule has 0 bridgehead atoms. The lowest BCUT2D eigenvalue weighted by atomic mass is 10.1. The first-order chi connectivity index (χ1) is 35.0. The Labute approximate surface area is 437 Å². The van der Waals surface area contributed by atoms with Gasteiger partial charge in [-0.3, -0.25) is 14.4 Å².